The molecule has 0 saturated carbocycles. The highest BCUT2D eigenvalue weighted by Gasteiger charge is 2.28. The van der Waals surface area contributed by atoms with Gasteiger partial charge in [0, 0.05) is 13.1 Å². The van der Waals surface area contributed by atoms with Gasteiger partial charge in [-0.25, -0.2) is 0 Å². The Kier molecular flexibility index (Phi) is 9.10. The van der Waals surface area contributed by atoms with Crippen molar-refractivity contribution in [1.29, 1.82) is 0 Å². The molecule has 0 aliphatic rings. The summed E-state index contributed by atoms with van der Waals surface area (Å²) in [6.07, 6.45) is 0.823. The largest absolute Gasteiger partial charge is 0.497 e. The third-order valence-corrected chi connectivity index (χ3v) is 5.51. The Morgan fingerprint density at radius 2 is 1.65 bits per heavy atom. The topological polar surface area (TPSA) is 58.6 Å². The number of carbonyl (C=O) groups excluding carboxylic acids is 2. The summed E-state index contributed by atoms with van der Waals surface area (Å²) in [6, 6.07) is 13.2. The fraction of sp³-hybridized carbons (Fsp3) is 0.462. The second-order valence-corrected chi connectivity index (χ2v) is 8.53. The second kappa shape index (κ2) is 11.5. The van der Waals surface area contributed by atoms with E-state index in [-0.39, 0.29) is 18.2 Å². The minimum Gasteiger partial charge on any atom is -0.497 e. The van der Waals surface area contributed by atoms with Gasteiger partial charge in [0.15, 0.2) is 0 Å². The molecule has 31 heavy (non-hydrogen) atoms. The van der Waals surface area contributed by atoms with Gasteiger partial charge in [0.1, 0.15) is 11.8 Å². The van der Waals surface area contributed by atoms with E-state index in [2.05, 4.69) is 32.2 Å². The van der Waals surface area contributed by atoms with E-state index in [0.717, 1.165) is 22.4 Å². The number of hydrogen-bond donors (Lipinski definition) is 1. The molecule has 0 heterocycles. The highest BCUT2D eigenvalue weighted by Crippen LogP contribution is 2.18. The summed E-state index contributed by atoms with van der Waals surface area (Å²) >= 11 is 0. The number of hydrogen-bond acceptors (Lipinski definition) is 3. The minimum absolute atomic E-state index is 0.0504. The third-order valence-electron chi connectivity index (χ3n) is 5.51. The minimum atomic E-state index is -0.514. The van der Waals surface area contributed by atoms with E-state index < -0.39 is 6.04 Å². The SMILES string of the molecule is CC[C@H](C(=O)NCC(C)C)N(Cc1ccc(OC)cc1)C(=O)Cc1ccc(C)c(C)c1. The molecule has 2 amide bonds. The van der Waals surface area contributed by atoms with Crippen LogP contribution in [0.25, 0.3) is 0 Å². The van der Waals surface area contributed by atoms with Crippen LogP contribution in [0.1, 0.15) is 49.4 Å². The fourth-order valence-electron chi connectivity index (χ4n) is 3.46. The van der Waals surface area contributed by atoms with Crippen LogP contribution in [-0.4, -0.2) is 36.4 Å². The molecule has 0 spiro atoms. The molecular weight excluding hydrogens is 388 g/mol. The van der Waals surface area contributed by atoms with Crippen LogP contribution in [0.2, 0.25) is 0 Å². The Hall–Kier alpha value is -2.82. The van der Waals surface area contributed by atoms with Crippen LogP contribution >= 0.6 is 0 Å². The van der Waals surface area contributed by atoms with Gasteiger partial charge >= 0.3 is 0 Å². The number of aryl methyl sites for hydroxylation is 2. The number of carbonyl (C=O) groups is 2. The van der Waals surface area contributed by atoms with Crippen LogP contribution in [-0.2, 0) is 22.6 Å². The number of methoxy groups -OCH3 is 1. The second-order valence-electron chi connectivity index (χ2n) is 8.53. The molecule has 0 radical (unpaired) electrons. The van der Waals surface area contributed by atoms with Gasteiger partial charge in [-0.1, -0.05) is 51.1 Å². The molecule has 0 saturated heterocycles. The molecule has 1 atom stereocenters. The van der Waals surface area contributed by atoms with Crippen LogP contribution in [0.15, 0.2) is 42.5 Å². The predicted molar refractivity (Wildman–Crippen MR) is 125 cm³/mol. The molecule has 0 unspecified atom stereocenters. The summed E-state index contributed by atoms with van der Waals surface area (Å²) < 4.78 is 5.24. The average Bonchev–Trinajstić information content (AvgIpc) is 2.75. The zero-order valence-electron chi connectivity index (χ0n) is 19.7. The first kappa shape index (κ1) is 24.4. The van der Waals surface area contributed by atoms with Crippen molar-refractivity contribution in [3.8, 4) is 5.75 Å². The summed E-state index contributed by atoms with van der Waals surface area (Å²) in [5, 5.41) is 3.00. The molecule has 5 nitrogen and oxygen atoms in total. The maximum Gasteiger partial charge on any atom is 0.242 e. The van der Waals surface area contributed by atoms with Crippen molar-refractivity contribution >= 4 is 11.8 Å². The number of amides is 2. The zero-order valence-corrected chi connectivity index (χ0v) is 19.7. The maximum atomic E-state index is 13.4. The Morgan fingerprint density at radius 1 is 1.00 bits per heavy atom. The number of rotatable bonds is 10. The highest BCUT2D eigenvalue weighted by atomic mass is 16.5. The molecule has 0 bridgehead atoms. The molecule has 1 N–H and O–H groups in total. The standard InChI is InChI=1S/C26H36N2O3/c1-7-24(26(30)27-16-18(2)3)28(17-21-10-12-23(31-6)13-11-21)25(29)15-22-9-8-19(4)20(5)14-22/h8-14,18,24H,7,15-17H2,1-6H3,(H,27,30)/t24-/m1/s1. The Balaban J connectivity index is 2.28. The number of ether oxygens (including phenoxy) is 1. The van der Waals surface area contributed by atoms with Crippen molar-refractivity contribution in [2.45, 2.75) is 60.0 Å². The van der Waals surface area contributed by atoms with Gasteiger partial charge in [-0.2, -0.15) is 0 Å². The summed E-state index contributed by atoms with van der Waals surface area (Å²) in [4.78, 5) is 28.1. The first-order valence-electron chi connectivity index (χ1n) is 11.0. The van der Waals surface area contributed by atoms with E-state index in [9.17, 15) is 9.59 Å². The van der Waals surface area contributed by atoms with Crippen molar-refractivity contribution in [3.05, 3.63) is 64.7 Å². The van der Waals surface area contributed by atoms with Gasteiger partial charge in [0.05, 0.1) is 13.5 Å². The van der Waals surface area contributed by atoms with Gasteiger partial charge in [-0.3, -0.25) is 9.59 Å². The summed E-state index contributed by atoms with van der Waals surface area (Å²) in [7, 11) is 1.63. The van der Waals surface area contributed by atoms with Gasteiger partial charge in [0.25, 0.3) is 0 Å². The Morgan fingerprint density at radius 3 is 2.19 bits per heavy atom. The Labute approximate surface area is 186 Å². The van der Waals surface area contributed by atoms with Crippen molar-refractivity contribution in [3.63, 3.8) is 0 Å². The summed E-state index contributed by atoms with van der Waals surface area (Å²) in [5.74, 6) is 0.963. The van der Waals surface area contributed by atoms with E-state index >= 15 is 0 Å². The molecule has 2 rings (SSSR count). The number of nitrogens with zero attached hydrogens (tertiary/aromatic N) is 1. The molecule has 0 fully saturated rings. The molecule has 168 valence electrons. The van der Waals surface area contributed by atoms with Gasteiger partial charge in [-0.15, -0.1) is 0 Å². The van der Waals surface area contributed by atoms with E-state index in [1.54, 1.807) is 12.0 Å². The molecule has 0 aliphatic heterocycles. The van der Waals surface area contributed by atoms with E-state index in [1.165, 1.54) is 5.56 Å². The Bertz CT molecular complexity index is 875. The van der Waals surface area contributed by atoms with E-state index in [4.69, 9.17) is 4.74 Å². The van der Waals surface area contributed by atoms with Crippen LogP contribution in [0.3, 0.4) is 0 Å². The quantitative estimate of drug-likeness (QED) is 0.614. The lowest BCUT2D eigenvalue weighted by molar-refractivity contribution is -0.141. The number of nitrogens with one attached hydrogen (secondary N) is 1. The van der Waals surface area contributed by atoms with Crippen molar-refractivity contribution in [1.82, 2.24) is 10.2 Å². The molecule has 2 aromatic rings. The van der Waals surface area contributed by atoms with Crippen molar-refractivity contribution < 1.29 is 14.3 Å². The van der Waals surface area contributed by atoms with E-state index in [1.807, 2.05) is 50.2 Å². The molecule has 0 aromatic heterocycles. The zero-order chi connectivity index (χ0) is 23.0. The van der Waals surface area contributed by atoms with Crippen LogP contribution in [0.5, 0.6) is 5.75 Å². The molecule has 0 aliphatic carbocycles. The lowest BCUT2D eigenvalue weighted by atomic mass is 10.0. The molecule has 5 heteroatoms. The summed E-state index contributed by atoms with van der Waals surface area (Å²) in [5.41, 5.74) is 4.29. The summed E-state index contributed by atoms with van der Waals surface area (Å²) in [6.45, 7) is 11.1. The van der Waals surface area contributed by atoms with E-state index in [0.29, 0.717) is 25.4 Å². The smallest absolute Gasteiger partial charge is 0.242 e. The van der Waals surface area contributed by atoms with Crippen LogP contribution < -0.4 is 10.1 Å². The first-order valence-corrected chi connectivity index (χ1v) is 11.0. The van der Waals surface area contributed by atoms with Gasteiger partial charge in [-0.05, 0) is 60.6 Å². The monoisotopic (exact) mass is 424 g/mol. The molecular formula is C26H36N2O3. The molecule has 2 aromatic carbocycles. The lowest BCUT2D eigenvalue weighted by Gasteiger charge is -2.31. The predicted octanol–water partition coefficient (Wildman–Crippen LogP) is 4.43. The average molecular weight is 425 g/mol. The fourth-order valence-corrected chi connectivity index (χ4v) is 3.46. The number of benzene rings is 2. The van der Waals surface area contributed by atoms with Gasteiger partial charge in [0.2, 0.25) is 11.8 Å². The van der Waals surface area contributed by atoms with Crippen molar-refractivity contribution in [2.75, 3.05) is 13.7 Å². The lowest BCUT2D eigenvalue weighted by Crippen LogP contribution is -2.50. The first-order chi connectivity index (χ1) is 14.7. The highest BCUT2D eigenvalue weighted by molar-refractivity contribution is 5.88. The normalized spacial score (nSPS) is 11.8. The van der Waals surface area contributed by atoms with Crippen molar-refractivity contribution in [2.24, 2.45) is 5.92 Å². The van der Waals surface area contributed by atoms with Crippen LogP contribution in [0.4, 0.5) is 0 Å². The van der Waals surface area contributed by atoms with Crippen LogP contribution in [0, 0.1) is 19.8 Å². The third kappa shape index (κ3) is 7.12. The van der Waals surface area contributed by atoms with Gasteiger partial charge < -0.3 is 15.0 Å². The maximum absolute atomic E-state index is 13.4.